The molecule has 0 aliphatic heterocycles. The number of fused-ring (bicyclic) bond motifs is 11. The predicted octanol–water partition coefficient (Wildman–Crippen LogP) is 15.2. The average molecular weight is 709 g/mol. The summed E-state index contributed by atoms with van der Waals surface area (Å²) in [5.74, 6) is 0.914. The van der Waals surface area contributed by atoms with Crippen molar-refractivity contribution in [3.63, 3.8) is 0 Å². The van der Waals surface area contributed by atoms with Crippen molar-refractivity contribution in [2.75, 3.05) is 0 Å². The van der Waals surface area contributed by atoms with Gasteiger partial charge in [0.1, 0.15) is 22.5 Å². The van der Waals surface area contributed by atoms with Gasteiger partial charge in [0.25, 0.3) is 0 Å². The molecule has 8 aromatic carbocycles. The van der Waals surface area contributed by atoms with Crippen LogP contribution in [0.4, 0.5) is 0 Å². The van der Waals surface area contributed by atoms with Crippen molar-refractivity contribution in [3.05, 3.63) is 169 Å². The van der Waals surface area contributed by atoms with Crippen LogP contribution >= 0.6 is 11.3 Å². The van der Waals surface area contributed by atoms with Gasteiger partial charge < -0.3 is 8.83 Å². The van der Waals surface area contributed by atoms with E-state index in [2.05, 4.69) is 159 Å². The fraction of sp³-hybridized carbons (Fsp3) is 0.0588. The lowest BCUT2D eigenvalue weighted by Crippen LogP contribution is -2.15. The highest BCUT2D eigenvalue weighted by Gasteiger charge is 2.38. The first-order chi connectivity index (χ1) is 26.5. The molecule has 0 radical (unpaired) electrons. The van der Waals surface area contributed by atoms with Crippen LogP contribution in [0.1, 0.15) is 25.0 Å². The van der Waals surface area contributed by atoms with Gasteiger partial charge in [-0.2, -0.15) is 0 Å². The summed E-state index contributed by atoms with van der Waals surface area (Å²) in [4.78, 5) is 1.14. The summed E-state index contributed by atoms with van der Waals surface area (Å²) in [5, 5.41) is 9.81. The summed E-state index contributed by atoms with van der Waals surface area (Å²) in [6, 6.07) is 57.4. The molecule has 0 saturated carbocycles. The Kier molecular flexibility index (Phi) is 6.03. The van der Waals surface area contributed by atoms with Gasteiger partial charge in [0.05, 0.1) is 4.88 Å². The molecule has 1 aliphatic rings. The molecule has 3 aromatic heterocycles. The molecule has 0 amide bonds. The van der Waals surface area contributed by atoms with Gasteiger partial charge in [-0.3, -0.25) is 0 Å². The first-order valence-electron chi connectivity index (χ1n) is 18.6. The molecule has 3 heterocycles. The molecule has 0 fully saturated rings. The summed E-state index contributed by atoms with van der Waals surface area (Å²) in [5.41, 5.74) is 12.9. The smallest absolute Gasteiger partial charge is 0.145 e. The number of benzene rings is 8. The molecular formula is C51H32O2S. The van der Waals surface area contributed by atoms with Crippen molar-refractivity contribution < 1.29 is 8.83 Å². The molecule has 0 unspecified atom stereocenters. The highest BCUT2D eigenvalue weighted by atomic mass is 32.1. The van der Waals surface area contributed by atoms with E-state index in [9.17, 15) is 0 Å². The van der Waals surface area contributed by atoms with Crippen LogP contribution in [-0.4, -0.2) is 0 Å². The quantitative estimate of drug-likeness (QED) is 0.171. The summed E-state index contributed by atoms with van der Waals surface area (Å²) >= 11 is 1.79. The van der Waals surface area contributed by atoms with Gasteiger partial charge in [-0.05, 0) is 109 Å². The van der Waals surface area contributed by atoms with Crippen molar-refractivity contribution in [3.8, 4) is 44.0 Å². The molecule has 0 spiro atoms. The maximum Gasteiger partial charge on any atom is 0.145 e. The lowest BCUT2D eigenvalue weighted by Gasteiger charge is -2.23. The Hall–Kier alpha value is -6.42. The molecular weight excluding hydrogens is 677 g/mol. The second-order valence-electron chi connectivity index (χ2n) is 15.2. The molecule has 11 aromatic rings. The average Bonchev–Trinajstić information content (AvgIpc) is 3.98. The van der Waals surface area contributed by atoms with Crippen LogP contribution in [0.5, 0.6) is 0 Å². The highest BCUT2D eigenvalue weighted by Crippen LogP contribution is 2.55. The number of rotatable bonds is 3. The van der Waals surface area contributed by atoms with E-state index in [0.717, 1.165) is 32.8 Å². The highest BCUT2D eigenvalue weighted by molar-refractivity contribution is 7.22. The Morgan fingerprint density at radius 2 is 1.13 bits per heavy atom. The van der Waals surface area contributed by atoms with Gasteiger partial charge >= 0.3 is 0 Å². The number of thiophene rings is 1. The summed E-state index contributed by atoms with van der Waals surface area (Å²) in [6.07, 6.45) is 0. The van der Waals surface area contributed by atoms with Crippen LogP contribution in [0.15, 0.2) is 167 Å². The van der Waals surface area contributed by atoms with Crippen molar-refractivity contribution in [1.29, 1.82) is 0 Å². The van der Waals surface area contributed by atoms with E-state index < -0.39 is 0 Å². The Labute approximate surface area is 315 Å². The van der Waals surface area contributed by atoms with Crippen LogP contribution in [0.25, 0.3) is 109 Å². The third-order valence-corrected chi connectivity index (χ3v) is 13.0. The van der Waals surface area contributed by atoms with Gasteiger partial charge in [-0.25, -0.2) is 0 Å². The van der Waals surface area contributed by atoms with Crippen LogP contribution in [0.3, 0.4) is 0 Å². The SMILES string of the molecule is CC1(C)c2cc(-c3c4ccccc4c(-c4cccc5sc(-c6cc7ccccc7o6)cc45)c4ccccc34)ccc2-c2ccc3oc4ccccc4c3c21. The number of furan rings is 2. The third kappa shape index (κ3) is 4.05. The fourth-order valence-corrected chi connectivity index (χ4v) is 10.6. The Morgan fingerprint density at radius 1 is 0.463 bits per heavy atom. The topological polar surface area (TPSA) is 26.3 Å². The van der Waals surface area contributed by atoms with E-state index in [-0.39, 0.29) is 5.41 Å². The van der Waals surface area contributed by atoms with E-state index in [4.69, 9.17) is 8.83 Å². The zero-order chi connectivity index (χ0) is 35.7. The van der Waals surface area contributed by atoms with Crippen molar-refractivity contribution in [2.45, 2.75) is 19.3 Å². The fourth-order valence-electron chi connectivity index (χ4n) is 9.51. The second-order valence-corrected chi connectivity index (χ2v) is 16.2. The van der Waals surface area contributed by atoms with Crippen molar-refractivity contribution in [2.24, 2.45) is 0 Å². The Balaban J connectivity index is 1.08. The third-order valence-electron chi connectivity index (χ3n) is 11.9. The maximum atomic E-state index is 6.37. The van der Waals surface area contributed by atoms with Gasteiger partial charge in [0.15, 0.2) is 0 Å². The van der Waals surface area contributed by atoms with Gasteiger partial charge in [-0.1, -0.05) is 129 Å². The van der Waals surface area contributed by atoms with E-state index >= 15 is 0 Å². The van der Waals surface area contributed by atoms with Gasteiger partial charge in [0.2, 0.25) is 0 Å². The Bertz CT molecular complexity index is 3280. The number of hydrogen-bond donors (Lipinski definition) is 0. The van der Waals surface area contributed by atoms with E-state index in [1.54, 1.807) is 11.3 Å². The molecule has 3 heteroatoms. The molecule has 254 valence electrons. The zero-order valence-electron chi connectivity index (χ0n) is 29.7. The monoisotopic (exact) mass is 708 g/mol. The molecule has 1 aliphatic carbocycles. The lowest BCUT2D eigenvalue weighted by atomic mass is 9.79. The standard InChI is InChI=1S/C51H32O2S/c1-51(2)40-26-30(22-23-31(40)37-24-25-43-49(50(37)51)38-17-8-10-20-42(38)53-43)47-32-13-4-6-15-34(32)48(35-16-7-5-14-33(35)47)36-18-11-21-45-39(36)28-46(54-45)44-27-29-12-3-9-19-41(29)52-44/h3-28H,1-2H3. The Morgan fingerprint density at radius 3 is 1.89 bits per heavy atom. The van der Waals surface area contributed by atoms with Crippen molar-refractivity contribution in [1.82, 2.24) is 0 Å². The predicted molar refractivity (Wildman–Crippen MR) is 228 cm³/mol. The van der Waals surface area contributed by atoms with Crippen LogP contribution in [-0.2, 0) is 5.41 Å². The van der Waals surface area contributed by atoms with E-state index in [1.807, 2.05) is 12.1 Å². The molecule has 2 nitrogen and oxygen atoms in total. The van der Waals surface area contributed by atoms with Gasteiger partial charge in [-0.15, -0.1) is 11.3 Å². The molecule has 0 bridgehead atoms. The molecule has 0 atom stereocenters. The van der Waals surface area contributed by atoms with Crippen LogP contribution in [0, 0.1) is 0 Å². The van der Waals surface area contributed by atoms with Crippen molar-refractivity contribution >= 4 is 75.9 Å². The largest absolute Gasteiger partial charge is 0.456 e. The summed E-state index contributed by atoms with van der Waals surface area (Å²) in [7, 11) is 0. The summed E-state index contributed by atoms with van der Waals surface area (Å²) in [6.45, 7) is 4.76. The van der Waals surface area contributed by atoms with E-state index in [1.165, 1.54) is 86.9 Å². The van der Waals surface area contributed by atoms with E-state index in [0.29, 0.717) is 0 Å². The first-order valence-corrected chi connectivity index (χ1v) is 19.4. The van der Waals surface area contributed by atoms with Crippen LogP contribution < -0.4 is 0 Å². The molecule has 54 heavy (non-hydrogen) atoms. The zero-order valence-corrected chi connectivity index (χ0v) is 30.6. The number of para-hydroxylation sites is 2. The van der Waals surface area contributed by atoms with Gasteiger partial charge in [0, 0.05) is 31.7 Å². The summed E-state index contributed by atoms with van der Waals surface area (Å²) < 4.78 is 14.0. The minimum absolute atomic E-state index is 0.218. The maximum absolute atomic E-state index is 6.37. The first kappa shape index (κ1) is 30.1. The second kappa shape index (κ2) is 10.8. The molecule has 0 saturated heterocycles. The number of hydrogen-bond acceptors (Lipinski definition) is 3. The lowest BCUT2D eigenvalue weighted by molar-refractivity contribution is 0.633. The molecule has 0 N–H and O–H groups in total. The van der Waals surface area contributed by atoms with Crippen LogP contribution in [0.2, 0.25) is 0 Å². The normalized spacial score (nSPS) is 13.5. The molecule has 12 rings (SSSR count). The minimum atomic E-state index is -0.218. The minimum Gasteiger partial charge on any atom is -0.456 e.